The highest BCUT2D eigenvalue weighted by Gasteiger charge is 2.24. The third kappa shape index (κ3) is 3.56. The number of morpholine rings is 1. The molecule has 0 radical (unpaired) electrons. The molecule has 8 nitrogen and oxygen atoms in total. The number of hydrogen-bond acceptors (Lipinski definition) is 7. The summed E-state index contributed by atoms with van der Waals surface area (Å²) in [5, 5.41) is 7.62. The highest BCUT2D eigenvalue weighted by Crippen LogP contribution is 2.32. The van der Waals surface area contributed by atoms with Crippen molar-refractivity contribution in [1.82, 2.24) is 19.8 Å². The molecule has 8 heteroatoms. The summed E-state index contributed by atoms with van der Waals surface area (Å²) in [4.78, 5) is 19.1. The Bertz CT molecular complexity index is 971. The van der Waals surface area contributed by atoms with E-state index in [0.717, 1.165) is 12.1 Å². The lowest BCUT2D eigenvalue weighted by Gasteiger charge is -2.23. The number of carbonyl (C=O) groups excluding carboxylic acids is 1. The van der Waals surface area contributed by atoms with Gasteiger partial charge < -0.3 is 19.7 Å². The van der Waals surface area contributed by atoms with E-state index in [0.29, 0.717) is 48.5 Å². The van der Waals surface area contributed by atoms with E-state index in [9.17, 15) is 4.79 Å². The first-order valence-electron chi connectivity index (χ1n) is 8.80. The van der Waals surface area contributed by atoms with Crippen molar-refractivity contribution < 1.29 is 14.3 Å². The monoisotopic (exact) mass is 367 g/mol. The summed E-state index contributed by atoms with van der Waals surface area (Å²) in [6.07, 6.45) is 5.01. The maximum absolute atomic E-state index is 12.5. The molecule has 1 N–H and O–H groups in total. The number of aromatic nitrogens is 2. The van der Waals surface area contributed by atoms with Crippen molar-refractivity contribution in [3.8, 4) is 5.88 Å². The van der Waals surface area contributed by atoms with Gasteiger partial charge in [-0.05, 0) is 26.2 Å². The zero-order chi connectivity index (χ0) is 18.8. The van der Waals surface area contributed by atoms with Crippen LogP contribution in [0.2, 0.25) is 0 Å². The molecule has 2 aromatic heterocycles. The minimum atomic E-state index is -0.179. The quantitative estimate of drug-likeness (QED) is 0.803. The van der Waals surface area contributed by atoms with E-state index in [2.05, 4.69) is 15.4 Å². The molecular weight excluding hydrogens is 346 g/mol. The first-order chi connectivity index (χ1) is 13.1. The van der Waals surface area contributed by atoms with Crippen LogP contribution in [0.15, 0.2) is 53.0 Å². The number of nitrogens with zero attached hydrogens (tertiary/aromatic N) is 4. The second-order valence-corrected chi connectivity index (χ2v) is 6.54. The molecule has 1 aliphatic carbocycles. The van der Waals surface area contributed by atoms with Crippen molar-refractivity contribution in [2.45, 2.75) is 0 Å². The molecule has 0 unspecified atom stereocenters. The Morgan fingerprint density at radius 2 is 2.26 bits per heavy atom. The van der Waals surface area contributed by atoms with Crippen molar-refractivity contribution in [2.75, 3.05) is 40.4 Å². The molecule has 3 heterocycles. The number of fused-ring (bicyclic) bond motifs is 2. The average Bonchev–Trinajstić information content (AvgIpc) is 2.99. The van der Waals surface area contributed by atoms with E-state index in [4.69, 9.17) is 9.47 Å². The number of allylic oxidation sites excluding steroid dienone is 2. The first kappa shape index (κ1) is 17.3. The third-order valence-electron chi connectivity index (χ3n) is 4.23. The number of ether oxygens (including phenoxy) is 2. The van der Waals surface area contributed by atoms with E-state index >= 15 is 0 Å². The predicted octanol–water partition coefficient (Wildman–Crippen LogP) is 1.32. The molecule has 0 spiro atoms. The van der Waals surface area contributed by atoms with Gasteiger partial charge in [-0.3, -0.25) is 4.79 Å². The fraction of sp³-hybridized carbons (Fsp3) is 0.316. The molecular formula is C19H21N5O3. The lowest BCUT2D eigenvalue weighted by Crippen LogP contribution is -2.31. The van der Waals surface area contributed by atoms with Gasteiger partial charge in [0.05, 0.1) is 11.2 Å². The summed E-state index contributed by atoms with van der Waals surface area (Å²) >= 11 is 0. The maximum atomic E-state index is 12.5. The van der Waals surface area contributed by atoms with E-state index in [1.807, 2.05) is 43.4 Å². The summed E-state index contributed by atoms with van der Waals surface area (Å²) < 4.78 is 13.2. The molecule has 2 aliphatic rings. The fourth-order valence-corrected chi connectivity index (χ4v) is 2.85. The molecule has 2 aromatic rings. The minimum Gasteiger partial charge on any atom is -0.490 e. The topological polar surface area (TPSA) is 80.5 Å². The van der Waals surface area contributed by atoms with Crippen molar-refractivity contribution in [1.29, 1.82) is 0 Å². The van der Waals surface area contributed by atoms with Crippen LogP contribution in [0.1, 0.15) is 0 Å². The largest absolute Gasteiger partial charge is 0.490 e. The Hall–Kier alpha value is -3.13. The fourth-order valence-electron chi connectivity index (χ4n) is 2.85. The van der Waals surface area contributed by atoms with Crippen LogP contribution in [0.4, 0.5) is 5.69 Å². The van der Waals surface area contributed by atoms with Crippen molar-refractivity contribution in [3.63, 3.8) is 0 Å². The Morgan fingerprint density at radius 3 is 3.11 bits per heavy atom. The predicted molar refractivity (Wildman–Crippen MR) is 101 cm³/mol. The van der Waals surface area contributed by atoms with Crippen LogP contribution in [0.3, 0.4) is 0 Å². The van der Waals surface area contributed by atoms with E-state index in [1.165, 1.54) is 6.08 Å². The van der Waals surface area contributed by atoms with Crippen LogP contribution in [0.25, 0.3) is 5.52 Å². The van der Waals surface area contributed by atoms with Gasteiger partial charge in [-0.1, -0.05) is 6.07 Å². The van der Waals surface area contributed by atoms with Gasteiger partial charge in [-0.25, -0.2) is 9.51 Å². The van der Waals surface area contributed by atoms with Gasteiger partial charge in [0.15, 0.2) is 5.69 Å². The van der Waals surface area contributed by atoms with Crippen LogP contribution in [0, 0.1) is 0 Å². The molecule has 0 bridgehead atoms. The van der Waals surface area contributed by atoms with Gasteiger partial charge in [-0.15, -0.1) is 5.10 Å². The highest BCUT2D eigenvalue weighted by molar-refractivity contribution is 6.49. The number of rotatable bonds is 5. The molecule has 1 fully saturated rings. The SMILES string of the molecule is CN(C)CCOc1nn2ccccc2c1N=C1C=C2OCCNC2=CC1=O. The molecule has 27 heavy (non-hydrogen) atoms. The number of aliphatic imine (C=N–C) groups is 1. The molecule has 1 aliphatic heterocycles. The average molecular weight is 367 g/mol. The molecule has 140 valence electrons. The second kappa shape index (κ2) is 7.24. The van der Waals surface area contributed by atoms with Crippen LogP contribution >= 0.6 is 0 Å². The van der Waals surface area contributed by atoms with E-state index in [1.54, 1.807) is 10.6 Å². The summed E-state index contributed by atoms with van der Waals surface area (Å²) in [5.41, 5.74) is 2.31. The third-order valence-corrected chi connectivity index (χ3v) is 4.23. The maximum Gasteiger partial charge on any atom is 0.260 e. The van der Waals surface area contributed by atoms with E-state index in [-0.39, 0.29) is 5.78 Å². The summed E-state index contributed by atoms with van der Waals surface area (Å²) in [5.74, 6) is 0.853. The van der Waals surface area contributed by atoms with Gasteiger partial charge in [0.25, 0.3) is 5.88 Å². The number of hydrogen-bond donors (Lipinski definition) is 1. The molecule has 0 atom stereocenters. The molecule has 0 amide bonds. The van der Waals surface area contributed by atoms with Gasteiger partial charge in [0, 0.05) is 31.4 Å². The molecule has 0 aromatic carbocycles. The number of pyridine rings is 1. The summed E-state index contributed by atoms with van der Waals surface area (Å²) in [6.45, 7) is 2.46. The Labute approximate surface area is 156 Å². The Morgan fingerprint density at radius 1 is 1.37 bits per heavy atom. The highest BCUT2D eigenvalue weighted by atomic mass is 16.5. The first-order valence-corrected chi connectivity index (χ1v) is 8.80. The van der Waals surface area contributed by atoms with E-state index < -0.39 is 0 Å². The summed E-state index contributed by atoms with van der Waals surface area (Å²) in [6, 6.07) is 5.67. The van der Waals surface area contributed by atoms with Crippen molar-refractivity contribution in [2.24, 2.45) is 4.99 Å². The number of ketones is 1. The van der Waals surface area contributed by atoms with Gasteiger partial charge in [-0.2, -0.15) is 0 Å². The number of carbonyl (C=O) groups is 1. The lowest BCUT2D eigenvalue weighted by atomic mass is 10.1. The standard InChI is InChI=1S/C19H21N5O3/c1-23(2)8-10-27-19-18(15-5-3-4-7-24(15)22-19)21-13-12-17-14(11-16(13)25)20-6-9-26-17/h3-5,7,11-12,20H,6,8-10H2,1-2H3. The smallest absolute Gasteiger partial charge is 0.260 e. The van der Waals surface area contributed by atoms with Crippen LogP contribution in [0.5, 0.6) is 5.88 Å². The van der Waals surface area contributed by atoms with Crippen molar-refractivity contribution >= 4 is 22.7 Å². The second-order valence-electron chi connectivity index (χ2n) is 6.54. The zero-order valence-electron chi connectivity index (χ0n) is 15.3. The van der Waals surface area contributed by atoms with Crippen LogP contribution in [-0.4, -0.2) is 66.4 Å². The lowest BCUT2D eigenvalue weighted by molar-refractivity contribution is -0.109. The molecule has 4 rings (SSSR count). The molecule has 0 saturated carbocycles. The summed E-state index contributed by atoms with van der Waals surface area (Å²) in [7, 11) is 3.95. The molecule has 1 saturated heterocycles. The van der Waals surface area contributed by atoms with Gasteiger partial charge in [0.1, 0.15) is 24.7 Å². The number of likely N-dealkylation sites (N-methyl/N-ethyl adjacent to an activating group) is 1. The number of nitrogens with one attached hydrogen (secondary N) is 1. The van der Waals surface area contributed by atoms with Crippen molar-refractivity contribution in [3.05, 3.63) is 48.0 Å². The Kier molecular flexibility index (Phi) is 4.64. The van der Waals surface area contributed by atoms with Crippen LogP contribution in [-0.2, 0) is 9.53 Å². The van der Waals surface area contributed by atoms with Gasteiger partial charge >= 0.3 is 0 Å². The van der Waals surface area contributed by atoms with Gasteiger partial charge in [0.2, 0.25) is 5.78 Å². The van der Waals surface area contributed by atoms with Crippen LogP contribution < -0.4 is 10.1 Å². The minimum absolute atomic E-state index is 0.179. The zero-order valence-corrected chi connectivity index (χ0v) is 15.3. The Balaban J connectivity index is 1.72. The normalized spacial score (nSPS) is 18.0.